The van der Waals surface area contributed by atoms with Crippen molar-refractivity contribution in [2.75, 3.05) is 6.61 Å². The summed E-state index contributed by atoms with van der Waals surface area (Å²) in [6.07, 6.45) is 7.07. The van der Waals surface area contributed by atoms with Gasteiger partial charge in [-0.2, -0.15) is 0 Å². The Kier molecular flexibility index (Phi) is 4.34. The Hall–Kier alpha value is -1.05. The molecular formula is C14H22O2. The maximum Gasteiger partial charge on any atom is 0.330 e. The highest BCUT2D eigenvalue weighted by Gasteiger charge is 2.26. The molecule has 0 aliphatic heterocycles. The minimum atomic E-state index is -0.246. The lowest BCUT2D eigenvalue weighted by atomic mass is 9.73. The number of allylic oxidation sites excluding steroid dienone is 3. The van der Waals surface area contributed by atoms with E-state index in [1.54, 1.807) is 6.08 Å². The molecule has 0 aromatic heterocycles. The van der Waals surface area contributed by atoms with E-state index >= 15 is 0 Å². The van der Waals surface area contributed by atoms with E-state index in [9.17, 15) is 4.79 Å². The molecule has 0 aromatic carbocycles. The van der Waals surface area contributed by atoms with Crippen LogP contribution in [-0.4, -0.2) is 12.6 Å². The van der Waals surface area contributed by atoms with Crippen LogP contribution in [0.5, 0.6) is 0 Å². The summed E-state index contributed by atoms with van der Waals surface area (Å²) < 4.78 is 4.89. The summed E-state index contributed by atoms with van der Waals surface area (Å²) in [7, 11) is 0. The number of rotatable bonds is 3. The van der Waals surface area contributed by atoms with E-state index in [1.807, 2.05) is 13.0 Å². The standard InChI is InChI=1S/C14H22O2/c1-5-16-13(15)9-8-12-11(2)7-6-10-14(12,3)4/h8-9H,5-7,10H2,1-4H3. The van der Waals surface area contributed by atoms with Gasteiger partial charge in [-0.3, -0.25) is 0 Å². The van der Waals surface area contributed by atoms with E-state index in [2.05, 4.69) is 20.8 Å². The maximum atomic E-state index is 11.3. The minimum Gasteiger partial charge on any atom is -0.463 e. The summed E-state index contributed by atoms with van der Waals surface area (Å²) in [4.78, 5) is 11.3. The SMILES string of the molecule is CCOC(=O)C=CC1=C(C)CCCC1(C)C. The maximum absolute atomic E-state index is 11.3. The second-order valence-corrected chi connectivity index (χ2v) is 5.02. The molecule has 1 aliphatic rings. The van der Waals surface area contributed by atoms with E-state index in [4.69, 9.17) is 4.74 Å². The van der Waals surface area contributed by atoms with E-state index in [0.717, 1.165) is 6.42 Å². The molecule has 0 amide bonds. The zero-order valence-corrected chi connectivity index (χ0v) is 10.8. The first-order chi connectivity index (χ1) is 7.47. The van der Waals surface area contributed by atoms with Crippen molar-refractivity contribution < 1.29 is 9.53 Å². The molecule has 0 saturated heterocycles. The van der Waals surface area contributed by atoms with Crippen molar-refractivity contribution in [1.82, 2.24) is 0 Å². The Morgan fingerprint density at radius 2 is 2.19 bits per heavy atom. The Bertz CT molecular complexity index is 322. The zero-order chi connectivity index (χ0) is 12.2. The molecule has 0 bridgehead atoms. The molecule has 2 nitrogen and oxygen atoms in total. The summed E-state index contributed by atoms with van der Waals surface area (Å²) >= 11 is 0. The highest BCUT2D eigenvalue weighted by molar-refractivity contribution is 5.82. The van der Waals surface area contributed by atoms with Crippen LogP contribution >= 0.6 is 0 Å². The number of esters is 1. The van der Waals surface area contributed by atoms with Gasteiger partial charge in [0.2, 0.25) is 0 Å². The van der Waals surface area contributed by atoms with E-state index in [0.29, 0.717) is 6.61 Å². The molecule has 0 aromatic rings. The van der Waals surface area contributed by atoms with Crippen LogP contribution in [0.2, 0.25) is 0 Å². The fourth-order valence-electron chi connectivity index (χ4n) is 2.35. The van der Waals surface area contributed by atoms with Gasteiger partial charge >= 0.3 is 5.97 Å². The van der Waals surface area contributed by atoms with Crippen molar-refractivity contribution in [1.29, 1.82) is 0 Å². The van der Waals surface area contributed by atoms with Gasteiger partial charge < -0.3 is 4.74 Å². The van der Waals surface area contributed by atoms with Crippen molar-refractivity contribution in [3.63, 3.8) is 0 Å². The molecule has 0 spiro atoms. The van der Waals surface area contributed by atoms with Crippen molar-refractivity contribution >= 4 is 5.97 Å². The largest absolute Gasteiger partial charge is 0.463 e. The van der Waals surface area contributed by atoms with Gasteiger partial charge in [-0.05, 0) is 44.1 Å². The summed E-state index contributed by atoms with van der Waals surface area (Å²) in [5.41, 5.74) is 2.88. The number of hydrogen-bond donors (Lipinski definition) is 0. The smallest absolute Gasteiger partial charge is 0.330 e. The lowest BCUT2D eigenvalue weighted by molar-refractivity contribution is -0.137. The normalized spacial score (nSPS) is 20.2. The van der Waals surface area contributed by atoms with Gasteiger partial charge in [-0.25, -0.2) is 4.79 Å². The summed E-state index contributed by atoms with van der Waals surface area (Å²) in [6, 6.07) is 0. The van der Waals surface area contributed by atoms with Crippen LogP contribution in [-0.2, 0) is 9.53 Å². The summed E-state index contributed by atoms with van der Waals surface area (Å²) in [5, 5.41) is 0. The van der Waals surface area contributed by atoms with Gasteiger partial charge in [0, 0.05) is 6.08 Å². The predicted molar refractivity (Wildman–Crippen MR) is 66.1 cm³/mol. The Balaban J connectivity index is 2.81. The fraction of sp³-hybridized carbons (Fsp3) is 0.643. The average Bonchev–Trinajstić information content (AvgIpc) is 2.16. The monoisotopic (exact) mass is 222 g/mol. The molecule has 0 unspecified atom stereocenters. The summed E-state index contributed by atoms with van der Waals surface area (Å²) in [6.45, 7) is 8.89. The lowest BCUT2D eigenvalue weighted by Crippen LogP contribution is -2.19. The predicted octanol–water partition coefficient (Wildman–Crippen LogP) is 3.63. The van der Waals surface area contributed by atoms with Gasteiger partial charge in [-0.1, -0.05) is 25.5 Å². The molecule has 0 atom stereocenters. The van der Waals surface area contributed by atoms with Crippen LogP contribution < -0.4 is 0 Å². The number of carbonyl (C=O) groups is 1. The molecule has 0 fully saturated rings. The number of carbonyl (C=O) groups excluding carboxylic acids is 1. The Labute approximate surface area is 98.4 Å². The topological polar surface area (TPSA) is 26.3 Å². The molecule has 0 heterocycles. The van der Waals surface area contributed by atoms with E-state index < -0.39 is 0 Å². The zero-order valence-electron chi connectivity index (χ0n) is 10.8. The van der Waals surface area contributed by atoms with E-state index in [-0.39, 0.29) is 11.4 Å². The quantitative estimate of drug-likeness (QED) is 0.538. The first-order valence-corrected chi connectivity index (χ1v) is 6.02. The average molecular weight is 222 g/mol. The molecular weight excluding hydrogens is 200 g/mol. The van der Waals surface area contributed by atoms with Gasteiger partial charge in [0.15, 0.2) is 0 Å². The van der Waals surface area contributed by atoms with Crippen molar-refractivity contribution in [3.8, 4) is 0 Å². The van der Waals surface area contributed by atoms with E-state index in [1.165, 1.54) is 24.0 Å². The fourth-order valence-corrected chi connectivity index (χ4v) is 2.35. The van der Waals surface area contributed by atoms with Crippen LogP contribution in [0.25, 0.3) is 0 Å². The first-order valence-electron chi connectivity index (χ1n) is 6.02. The van der Waals surface area contributed by atoms with Crippen LogP contribution in [0.3, 0.4) is 0 Å². The first kappa shape index (κ1) is 13.0. The highest BCUT2D eigenvalue weighted by atomic mass is 16.5. The molecule has 1 aliphatic carbocycles. The van der Waals surface area contributed by atoms with Gasteiger partial charge in [0.25, 0.3) is 0 Å². The Morgan fingerprint density at radius 1 is 1.50 bits per heavy atom. The minimum absolute atomic E-state index is 0.186. The van der Waals surface area contributed by atoms with Crippen molar-refractivity contribution in [2.45, 2.75) is 47.0 Å². The number of hydrogen-bond acceptors (Lipinski definition) is 2. The molecule has 90 valence electrons. The van der Waals surface area contributed by atoms with Gasteiger partial charge in [0.05, 0.1) is 6.61 Å². The Morgan fingerprint density at radius 3 is 2.75 bits per heavy atom. The second-order valence-electron chi connectivity index (χ2n) is 5.02. The van der Waals surface area contributed by atoms with Gasteiger partial charge in [0.1, 0.15) is 0 Å². The third-order valence-electron chi connectivity index (χ3n) is 3.22. The van der Waals surface area contributed by atoms with Crippen LogP contribution in [0, 0.1) is 5.41 Å². The molecule has 0 radical (unpaired) electrons. The number of ether oxygens (including phenoxy) is 1. The molecule has 16 heavy (non-hydrogen) atoms. The van der Waals surface area contributed by atoms with Crippen molar-refractivity contribution in [3.05, 3.63) is 23.3 Å². The molecule has 2 heteroatoms. The molecule has 0 saturated carbocycles. The van der Waals surface area contributed by atoms with Crippen LogP contribution in [0.1, 0.15) is 47.0 Å². The third-order valence-corrected chi connectivity index (χ3v) is 3.22. The third kappa shape index (κ3) is 3.22. The molecule has 1 rings (SSSR count). The summed E-state index contributed by atoms with van der Waals surface area (Å²) in [5.74, 6) is -0.246. The van der Waals surface area contributed by atoms with Crippen molar-refractivity contribution in [2.24, 2.45) is 5.41 Å². The van der Waals surface area contributed by atoms with Crippen LogP contribution in [0.15, 0.2) is 23.3 Å². The second kappa shape index (κ2) is 5.33. The van der Waals surface area contributed by atoms with Crippen LogP contribution in [0.4, 0.5) is 0 Å². The van der Waals surface area contributed by atoms with Gasteiger partial charge in [-0.15, -0.1) is 0 Å². The molecule has 0 N–H and O–H groups in total. The highest BCUT2D eigenvalue weighted by Crippen LogP contribution is 2.40. The lowest BCUT2D eigenvalue weighted by Gasteiger charge is -2.32.